The number of hydrogen-bond acceptors (Lipinski definition) is 4. The van der Waals surface area contributed by atoms with Gasteiger partial charge in [0, 0.05) is 12.6 Å². The number of hydrogen-bond donors (Lipinski definition) is 1. The zero-order valence-electron chi connectivity index (χ0n) is 12.5. The van der Waals surface area contributed by atoms with Crippen molar-refractivity contribution in [2.24, 2.45) is 5.92 Å². The number of carbonyl (C=O) groups is 1. The molecule has 6 heteroatoms. The second kappa shape index (κ2) is 4.59. The third-order valence-electron chi connectivity index (χ3n) is 4.50. The maximum atomic E-state index is 12.3. The predicted octanol–water partition coefficient (Wildman–Crippen LogP) is 1.75. The lowest BCUT2D eigenvalue weighted by atomic mass is 9.79. The Kier molecular flexibility index (Phi) is 3.09. The third kappa shape index (κ3) is 1.82. The van der Waals surface area contributed by atoms with Crippen LogP contribution in [0.5, 0.6) is 5.75 Å². The fourth-order valence-corrected chi connectivity index (χ4v) is 3.48. The number of methoxy groups -OCH3 is 1. The van der Waals surface area contributed by atoms with Gasteiger partial charge in [-0.2, -0.15) is 0 Å². The molecule has 1 saturated heterocycles. The first kappa shape index (κ1) is 14.1. The van der Waals surface area contributed by atoms with Crippen molar-refractivity contribution in [1.29, 1.82) is 0 Å². The lowest BCUT2D eigenvalue weighted by Gasteiger charge is -2.54. The fourth-order valence-electron chi connectivity index (χ4n) is 3.17. The quantitative estimate of drug-likeness (QED) is 0.630. The van der Waals surface area contributed by atoms with Gasteiger partial charge in [0.25, 0.3) is 0 Å². The number of fused-ring (bicyclic) bond motifs is 4. The van der Waals surface area contributed by atoms with Crippen LogP contribution in [0, 0.1) is 12.8 Å². The van der Waals surface area contributed by atoms with Crippen molar-refractivity contribution in [2.45, 2.75) is 25.6 Å². The standard InChI is InChI=1S/C15H18N2O3S/c1-8-6-5-7-9-11-10(13(18)19-4)15(2,20-12(8)9)17(3)14(21)16-11/h5-7,10-11H,1-4H3,(H,16,21). The first-order valence-electron chi connectivity index (χ1n) is 6.81. The fraction of sp³-hybridized carbons (Fsp3) is 0.467. The summed E-state index contributed by atoms with van der Waals surface area (Å²) in [5, 5.41) is 3.81. The number of benzene rings is 1. The Bertz CT molecular complexity index is 633. The van der Waals surface area contributed by atoms with Crippen molar-refractivity contribution in [3.05, 3.63) is 29.3 Å². The van der Waals surface area contributed by atoms with Gasteiger partial charge in [0.2, 0.25) is 0 Å². The van der Waals surface area contributed by atoms with E-state index in [1.54, 1.807) is 4.90 Å². The van der Waals surface area contributed by atoms with Gasteiger partial charge in [-0.3, -0.25) is 4.79 Å². The number of rotatable bonds is 1. The minimum absolute atomic E-state index is 0.241. The summed E-state index contributed by atoms with van der Waals surface area (Å²) >= 11 is 5.37. The van der Waals surface area contributed by atoms with Gasteiger partial charge in [-0.15, -0.1) is 0 Å². The zero-order valence-corrected chi connectivity index (χ0v) is 13.3. The Labute approximate surface area is 129 Å². The van der Waals surface area contributed by atoms with E-state index in [1.165, 1.54) is 7.11 Å². The summed E-state index contributed by atoms with van der Waals surface area (Å²) in [7, 11) is 3.22. The van der Waals surface area contributed by atoms with Crippen molar-refractivity contribution in [2.75, 3.05) is 14.2 Å². The monoisotopic (exact) mass is 306 g/mol. The summed E-state index contributed by atoms with van der Waals surface area (Å²) in [5.41, 5.74) is 1.12. The number of nitrogens with zero attached hydrogens (tertiary/aromatic N) is 1. The number of aryl methyl sites for hydroxylation is 1. The number of carbonyl (C=O) groups excluding carboxylic acids is 1. The molecular formula is C15H18N2O3S. The predicted molar refractivity (Wildman–Crippen MR) is 82.0 cm³/mol. The van der Waals surface area contributed by atoms with E-state index in [4.69, 9.17) is 21.7 Å². The molecule has 3 atom stereocenters. The molecule has 5 nitrogen and oxygen atoms in total. The molecule has 1 aromatic rings. The molecule has 0 aliphatic carbocycles. The van der Waals surface area contributed by atoms with E-state index in [-0.39, 0.29) is 12.0 Å². The number of nitrogens with one attached hydrogen (secondary N) is 1. The summed E-state index contributed by atoms with van der Waals surface area (Å²) in [6.45, 7) is 3.87. The molecule has 1 N–H and O–H groups in total. The van der Waals surface area contributed by atoms with Crippen LogP contribution < -0.4 is 10.1 Å². The van der Waals surface area contributed by atoms with Gasteiger partial charge >= 0.3 is 5.97 Å². The maximum Gasteiger partial charge on any atom is 0.317 e. The normalized spacial score (nSPS) is 30.1. The molecule has 0 spiro atoms. The highest BCUT2D eigenvalue weighted by Gasteiger charge is 2.58. The molecule has 3 unspecified atom stereocenters. The molecule has 21 heavy (non-hydrogen) atoms. The van der Waals surface area contributed by atoms with Gasteiger partial charge in [0.15, 0.2) is 10.8 Å². The first-order valence-corrected chi connectivity index (χ1v) is 7.21. The molecule has 2 aliphatic rings. The minimum atomic E-state index is -0.862. The third-order valence-corrected chi connectivity index (χ3v) is 4.89. The first-order chi connectivity index (χ1) is 9.90. The molecule has 0 aromatic heterocycles. The average molecular weight is 306 g/mol. The number of thiocarbonyl (C=S) groups is 1. The largest absolute Gasteiger partial charge is 0.469 e. The number of para-hydroxylation sites is 1. The maximum absolute atomic E-state index is 12.3. The van der Waals surface area contributed by atoms with Crippen LogP contribution in [0.1, 0.15) is 24.1 Å². The van der Waals surface area contributed by atoms with Crippen molar-refractivity contribution in [1.82, 2.24) is 10.2 Å². The Balaban J connectivity index is 2.22. The van der Waals surface area contributed by atoms with Crippen LogP contribution in [-0.2, 0) is 9.53 Å². The minimum Gasteiger partial charge on any atom is -0.469 e. The van der Waals surface area contributed by atoms with Crippen LogP contribution in [0.15, 0.2) is 18.2 Å². The second-order valence-electron chi connectivity index (χ2n) is 5.64. The van der Waals surface area contributed by atoms with Gasteiger partial charge < -0.3 is 19.7 Å². The highest BCUT2D eigenvalue weighted by atomic mass is 32.1. The Morgan fingerprint density at radius 2 is 2.24 bits per heavy atom. The summed E-state index contributed by atoms with van der Waals surface area (Å²) in [4.78, 5) is 14.1. The van der Waals surface area contributed by atoms with Crippen molar-refractivity contribution >= 4 is 23.3 Å². The van der Waals surface area contributed by atoms with Crippen LogP contribution in [0.25, 0.3) is 0 Å². The van der Waals surface area contributed by atoms with E-state index in [0.717, 1.165) is 16.9 Å². The van der Waals surface area contributed by atoms with Gasteiger partial charge in [0.1, 0.15) is 11.7 Å². The lowest BCUT2D eigenvalue weighted by molar-refractivity contribution is -0.170. The molecule has 1 fully saturated rings. The van der Waals surface area contributed by atoms with Gasteiger partial charge in [-0.25, -0.2) is 0 Å². The van der Waals surface area contributed by atoms with Gasteiger partial charge in [-0.1, -0.05) is 18.2 Å². The molecule has 3 rings (SSSR count). The highest BCUT2D eigenvalue weighted by molar-refractivity contribution is 7.80. The Hall–Kier alpha value is -1.82. The molecule has 0 radical (unpaired) electrons. The van der Waals surface area contributed by atoms with E-state index in [9.17, 15) is 4.79 Å². The van der Waals surface area contributed by atoms with E-state index >= 15 is 0 Å². The van der Waals surface area contributed by atoms with E-state index < -0.39 is 11.6 Å². The molecular weight excluding hydrogens is 288 g/mol. The molecule has 0 amide bonds. The summed E-state index contributed by atoms with van der Waals surface area (Å²) < 4.78 is 11.2. The molecule has 0 saturated carbocycles. The number of ether oxygens (including phenoxy) is 2. The molecule has 1 aromatic carbocycles. The summed E-state index contributed by atoms with van der Waals surface area (Å²) in [6, 6.07) is 5.67. The van der Waals surface area contributed by atoms with Crippen LogP contribution in [0.4, 0.5) is 0 Å². The van der Waals surface area contributed by atoms with Crippen LogP contribution in [0.3, 0.4) is 0 Å². The SMILES string of the molecule is COC(=O)C1C2NC(=S)N(C)C1(C)Oc1c(C)cccc12. The lowest BCUT2D eigenvalue weighted by Crippen LogP contribution is -2.70. The van der Waals surface area contributed by atoms with E-state index in [0.29, 0.717) is 5.11 Å². The van der Waals surface area contributed by atoms with Crippen LogP contribution >= 0.6 is 12.2 Å². The summed E-state index contributed by atoms with van der Waals surface area (Å²) in [6.07, 6.45) is 0. The second-order valence-corrected chi connectivity index (χ2v) is 6.02. The van der Waals surface area contributed by atoms with E-state index in [2.05, 4.69) is 5.32 Å². The zero-order chi connectivity index (χ0) is 15.4. The smallest absolute Gasteiger partial charge is 0.317 e. The topological polar surface area (TPSA) is 50.8 Å². The van der Waals surface area contributed by atoms with Crippen LogP contribution in [0.2, 0.25) is 0 Å². The highest BCUT2D eigenvalue weighted by Crippen LogP contribution is 2.49. The van der Waals surface area contributed by atoms with Gasteiger partial charge in [0.05, 0.1) is 13.2 Å². The van der Waals surface area contributed by atoms with E-state index in [1.807, 2.05) is 39.1 Å². The Morgan fingerprint density at radius 3 is 2.90 bits per heavy atom. The van der Waals surface area contributed by atoms with Crippen molar-refractivity contribution < 1.29 is 14.3 Å². The van der Waals surface area contributed by atoms with Gasteiger partial charge in [-0.05, 0) is 31.6 Å². The molecule has 2 bridgehead atoms. The number of esters is 1. The van der Waals surface area contributed by atoms with Crippen molar-refractivity contribution in [3.63, 3.8) is 0 Å². The molecule has 2 heterocycles. The molecule has 2 aliphatic heterocycles. The van der Waals surface area contributed by atoms with Crippen LogP contribution in [-0.4, -0.2) is 35.9 Å². The Morgan fingerprint density at radius 1 is 1.52 bits per heavy atom. The molecule has 112 valence electrons. The van der Waals surface area contributed by atoms with Crippen molar-refractivity contribution in [3.8, 4) is 5.75 Å². The average Bonchev–Trinajstić information content (AvgIpc) is 2.46. The summed E-state index contributed by atoms with van der Waals surface area (Å²) in [5.74, 6) is 0.0111.